The molecule has 0 fully saturated rings. The fourth-order valence-electron chi connectivity index (χ4n) is 2.95. The molecule has 0 aromatic carbocycles. The molecule has 28 heavy (non-hydrogen) atoms. The molecule has 0 aliphatic carbocycles. The number of hydrogen-bond donors (Lipinski definition) is 0. The van der Waals surface area contributed by atoms with Gasteiger partial charge in [0.1, 0.15) is 0 Å². The third-order valence-electron chi connectivity index (χ3n) is 4.12. The Hall–Kier alpha value is -2.33. The highest BCUT2D eigenvalue weighted by Crippen LogP contribution is 2.32. The van der Waals surface area contributed by atoms with Crippen LogP contribution in [0.5, 0.6) is 0 Å². The van der Waals surface area contributed by atoms with E-state index < -0.39 is 0 Å². The SMILES string of the molecule is C=C1C=C(C)N(c2nc(SC)nn2C)/C(=C\C(C)=N/c2nc(SC)nn2C)C1. The van der Waals surface area contributed by atoms with Crippen LogP contribution in [0.1, 0.15) is 20.3 Å². The Morgan fingerprint density at radius 1 is 1.14 bits per heavy atom. The standard InChI is InChI=1S/C18H24N8S2/c1-11-8-13(3)26(18-21-17(28-7)23-25(18)5)14(9-11)10-12(2)19-15-20-16(27-6)22-24(15)4/h8,10H,1,9H2,2-7H3/b14-10-,19-12-. The van der Waals surface area contributed by atoms with Crippen molar-refractivity contribution in [1.29, 1.82) is 0 Å². The molecule has 2 aromatic heterocycles. The van der Waals surface area contributed by atoms with E-state index >= 15 is 0 Å². The number of allylic oxidation sites excluding steroid dienone is 4. The first-order chi connectivity index (χ1) is 13.3. The number of rotatable bonds is 5. The lowest BCUT2D eigenvalue weighted by molar-refractivity contribution is 0.724. The molecule has 10 heteroatoms. The van der Waals surface area contributed by atoms with Crippen molar-refractivity contribution in [1.82, 2.24) is 29.5 Å². The Bertz CT molecular complexity index is 995. The lowest BCUT2D eigenvalue weighted by Gasteiger charge is -2.30. The van der Waals surface area contributed by atoms with E-state index in [1.165, 1.54) is 23.5 Å². The maximum Gasteiger partial charge on any atom is 0.248 e. The smallest absolute Gasteiger partial charge is 0.248 e. The highest BCUT2D eigenvalue weighted by molar-refractivity contribution is 7.98. The normalized spacial score (nSPS) is 16.9. The number of thioether (sulfide) groups is 2. The number of aliphatic imine (C=N–C) groups is 1. The summed E-state index contributed by atoms with van der Waals surface area (Å²) in [6.07, 6.45) is 8.74. The molecule has 0 spiro atoms. The summed E-state index contributed by atoms with van der Waals surface area (Å²) < 4.78 is 3.48. The van der Waals surface area contributed by atoms with Gasteiger partial charge in [-0.15, -0.1) is 10.2 Å². The monoisotopic (exact) mass is 416 g/mol. The third kappa shape index (κ3) is 4.22. The van der Waals surface area contributed by atoms with Crippen molar-refractivity contribution in [2.45, 2.75) is 30.6 Å². The summed E-state index contributed by atoms with van der Waals surface area (Å²) >= 11 is 3.02. The van der Waals surface area contributed by atoms with E-state index in [9.17, 15) is 0 Å². The lowest BCUT2D eigenvalue weighted by Crippen LogP contribution is -2.27. The van der Waals surface area contributed by atoms with E-state index in [1.807, 2.05) is 46.5 Å². The first kappa shape index (κ1) is 20.4. The quantitative estimate of drug-likeness (QED) is 0.543. The number of hydrogen-bond acceptors (Lipinski definition) is 8. The molecule has 0 amide bonds. The van der Waals surface area contributed by atoms with Crippen LogP contribution in [0.25, 0.3) is 0 Å². The molecule has 3 heterocycles. The number of aromatic nitrogens is 6. The first-order valence-corrected chi connectivity index (χ1v) is 11.1. The highest BCUT2D eigenvalue weighted by atomic mass is 32.2. The molecule has 0 saturated carbocycles. The van der Waals surface area contributed by atoms with Crippen molar-refractivity contribution in [3.63, 3.8) is 0 Å². The Morgan fingerprint density at radius 2 is 1.79 bits per heavy atom. The average molecular weight is 417 g/mol. The van der Waals surface area contributed by atoms with Gasteiger partial charge in [0.25, 0.3) is 0 Å². The Labute approximate surface area is 173 Å². The summed E-state index contributed by atoms with van der Waals surface area (Å²) in [6, 6.07) is 0. The molecule has 1 aliphatic heterocycles. The molecule has 3 rings (SSSR count). The molecule has 0 unspecified atom stereocenters. The molecule has 8 nitrogen and oxygen atoms in total. The van der Waals surface area contributed by atoms with E-state index in [0.29, 0.717) is 17.5 Å². The van der Waals surface area contributed by atoms with Crippen LogP contribution in [0.4, 0.5) is 11.9 Å². The Kier molecular flexibility index (Phi) is 6.09. The van der Waals surface area contributed by atoms with Crippen LogP contribution >= 0.6 is 23.5 Å². The van der Waals surface area contributed by atoms with Gasteiger partial charge in [-0.1, -0.05) is 30.1 Å². The van der Waals surface area contributed by atoms with Crippen LogP contribution in [0.3, 0.4) is 0 Å². The van der Waals surface area contributed by atoms with Gasteiger partial charge in [0.05, 0.1) is 0 Å². The summed E-state index contributed by atoms with van der Waals surface area (Å²) in [5.41, 5.74) is 3.96. The summed E-state index contributed by atoms with van der Waals surface area (Å²) in [6.45, 7) is 8.15. The Morgan fingerprint density at radius 3 is 2.39 bits per heavy atom. The van der Waals surface area contributed by atoms with Gasteiger partial charge in [0, 0.05) is 37.6 Å². The van der Waals surface area contributed by atoms with Crippen LogP contribution in [-0.2, 0) is 14.1 Å². The van der Waals surface area contributed by atoms with Crippen molar-refractivity contribution < 1.29 is 0 Å². The molecule has 148 valence electrons. The van der Waals surface area contributed by atoms with Crippen LogP contribution < -0.4 is 4.90 Å². The van der Waals surface area contributed by atoms with Crippen molar-refractivity contribution >= 4 is 41.1 Å². The van der Waals surface area contributed by atoms with Crippen LogP contribution in [0, 0.1) is 0 Å². The minimum Gasteiger partial charge on any atom is -0.287 e. The van der Waals surface area contributed by atoms with Crippen LogP contribution in [-0.4, -0.2) is 47.8 Å². The predicted octanol–water partition coefficient (Wildman–Crippen LogP) is 3.73. The molecule has 1 aliphatic rings. The minimum atomic E-state index is 0.579. The van der Waals surface area contributed by atoms with Gasteiger partial charge in [0.15, 0.2) is 0 Å². The molecule has 0 bridgehead atoms. The summed E-state index contributed by atoms with van der Waals surface area (Å²) in [5, 5.41) is 10.2. The number of anilines is 1. The van der Waals surface area contributed by atoms with E-state index in [1.54, 1.807) is 9.36 Å². The van der Waals surface area contributed by atoms with Crippen molar-refractivity contribution in [2.75, 3.05) is 17.4 Å². The van der Waals surface area contributed by atoms with Gasteiger partial charge < -0.3 is 0 Å². The maximum atomic E-state index is 4.66. The summed E-state index contributed by atoms with van der Waals surface area (Å²) in [4.78, 5) is 15.8. The first-order valence-electron chi connectivity index (χ1n) is 8.64. The fourth-order valence-corrected chi connectivity index (χ4v) is 3.71. The van der Waals surface area contributed by atoms with Gasteiger partial charge in [-0.05, 0) is 44.1 Å². The van der Waals surface area contributed by atoms with Gasteiger partial charge >= 0.3 is 0 Å². The van der Waals surface area contributed by atoms with Crippen molar-refractivity contribution in [3.8, 4) is 0 Å². The second-order valence-corrected chi connectivity index (χ2v) is 7.94. The average Bonchev–Trinajstić information content (AvgIpc) is 3.17. The second kappa shape index (κ2) is 8.36. The Balaban J connectivity index is 2.02. The molecular formula is C18H24N8S2. The lowest BCUT2D eigenvalue weighted by atomic mass is 10.0. The highest BCUT2D eigenvalue weighted by Gasteiger charge is 2.24. The molecule has 0 radical (unpaired) electrons. The predicted molar refractivity (Wildman–Crippen MR) is 116 cm³/mol. The fraction of sp³-hybridized carbons (Fsp3) is 0.389. The molecule has 0 N–H and O–H groups in total. The topological polar surface area (TPSA) is 77.0 Å². The van der Waals surface area contributed by atoms with Gasteiger partial charge in [-0.3, -0.25) is 4.90 Å². The number of aryl methyl sites for hydroxylation is 2. The summed E-state index contributed by atoms with van der Waals surface area (Å²) in [5.74, 6) is 1.35. The zero-order valence-corrected chi connectivity index (χ0v) is 18.6. The van der Waals surface area contributed by atoms with E-state index in [0.717, 1.165) is 33.8 Å². The molecular weight excluding hydrogens is 392 g/mol. The van der Waals surface area contributed by atoms with E-state index in [4.69, 9.17) is 0 Å². The van der Waals surface area contributed by atoms with E-state index in [-0.39, 0.29) is 0 Å². The maximum absolute atomic E-state index is 4.66. The molecule has 2 aromatic rings. The number of nitrogens with zero attached hydrogens (tertiary/aromatic N) is 8. The largest absolute Gasteiger partial charge is 0.287 e. The zero-order valence-electron chi connectivity index (χ0n) is 17.0. The minimum absolute atomic E-state index is 0.579. The van der Waals surface area contributed by atoms with E-state index in [2.05, 4.69) is 42.7 Å². The van der Waals surface area contributed by atoms with Gasteiger partial charge in [0.2, 0.25) is 22.2 Å². The van der Waals surface area contributed by atoms with Crippen molar-refractivity contribution in [3.05, 3.63) is 35.7 Å². The third-order valence-corrected chi connectivity index (χ3v) is 5.20. The zero-order chi connectivity index (χ0) is 20.4. The van der Waals surface area contributed by atoms with Gasteiger partial charge in [-0.2, -0.15) is 9.97 Å². The van der Waals surface area contributed by atoms with Crippen LogP contribution in [0.2, 0.25) is 0 Å². The van der Waals surface area contributed by atoms with Gasteiger partial charge in [-0.25, -0.2) is 14.4 Å². The molecule has 0 saturated heterocycles. The summed E-state index contributed by atoms with van der Waals surface area (Å²) in [7, 11) is 3.75. The molecule has 0 atom stereocenters. The van der Waals surface area contributed by atoms with Crippen LogP contribution in [0.15, 0.2) is 51.0 Å². The second-order valence-electron chi connectivity index (χ2n) is 6.39. The van der Waals surface area contributed by atoms with Crippen molar-refractivity contribution in [2.24, 2.45) is 19.1 Å².